The van der Waals surface area contributed by atoms with Gasteiger partial charge in [0.05, 0.1) is 19.9 Å². The second-order valence-corrected chi connectivity index (χ2v) is 4.81. The second-order valence-electron chi connectivity index (χ2n) is 4.81. The highest BCUT2D eigenvalue weighted by atomic mass is 16.5. The Morgan fingerprint density at radius 1 is 1.27 bits per heavy atom. The van der Waals surface area contributed by atoms with Crippen LogP contribution in [-0.2, 0) is 0 Å². The van der Waals surface area contributed by atoms with Gasteiger partial charge in [-0.25, -0.2) is 4.79 Å². The van der Waals surface area contributed by atoms with Gasteiger partial charge >= 0.3 is 6.03 Å². The van der Waals surface area contributed by atoms with Crippen molar-refractivity contribution in [2.45, 2.75) is 27.2 Å². The third kappa shape index (κ3) is 4.28. The summed E-state index contributed by atoms with van der Waals surface area (Å²) in [6, 6.07) is 1.31. The molecule has 2 amide bonds. The molecule has 1 aromatic carbocycles. The van der Waals surface area contributed by atoms with Gasteiger partial charge < -0.3 is 20.1 Å². The van der Waals surface area contributed by atoms with Crippen LogP contribution in [0.25, 0.3) is 0 Å². The summed E-state index contributed by atoms with van der Waals surface area (Å²) >= 11 is 0. The lowest BCUT2D eigenvalue weighted by Crippen LogP contribution is -2.42. The summed E-state index contributed by atoms with van der Waals surface area (Å²) in [4.78, 5) is 12.0. The molecule has 0 saturated heterocycles. The molecule has 1 aromatic rings. The molecule has 0 aromatic heterocycles. The Morgan fingerprint density at radius 2 is 1.95 bits per heavy atom. The Bertz CT molecular complexity index is 558. The molecule has 0 aliphatic rings. The highest BCUT2D eigenvalue weighted by molar-refractivity contribution is 6.02. The largest absolute Gasteiger partial charge is 0.493 e. The zero-order valence-electron chi connectivity index (χ0n) is 13.7. The van der Waals surface area contributed by atoms with Crippen molar-refractivity contribution in [3.63, 3.8) is 0 Å². The first-order valence-electron chi connectivity index (χ1n) is 7.07. The van der Waals surface area contributed by atoms with Crippen molar-refractivity contribution in [2.75, 3.05) is 26.1 Å². The van der Waals surface area contributed by atoms with E-state index in [0.29, 0.717) is 23.7 Å². The van der Waals surface area contributed by atoms with Crippen LogP contribution < -0.4 is 25.4 Å². The molecule has 22 heavy (non-hydrogen) atoms. The molecule has 1 rings (SSSR count). The van der Waals surface area contributed by atoms with Crippen LogP contribution in [0.3, 0.4) is 0 Å². The predicted octanol–water partition coefficient (Wildman–Crippen LogP) is 2.38. The number of hydrogen-bond donors (Lipinski definition) is 4. The van der Waals surface area contributed by atoms with Crippen molar-refractivity contribution in [3.8, 4) is 11.5 Å². The molecule has 0 fully saturated rings. The molecule has 0 unspecified atom stereocenters. The number of hydrogen-bond acceptors (Lipinski definition) is 4. The lowest BCUT2D eigenvalue weighted by atomic mass is 10.1. The molecular formula is C15H24N4O3. The number of benzene rings is 1. The quantitative estimate of drug-likeness (QED) is 0.496. The van der Waals surface area contributed by atoms with Gasteiger partial charge in [-0.15, -0.1) is 0 Å². The number of urea groups is 1. The molecule has 0 aliphatic heterocycles. The molecule has 7 nitrogen and oxygen atoms in total. The van der Waals surface area contributed by atoms with Gasteiger partial charge in [-0.1, -0.05) is 6.92 Å². The number of methoxy groups -OCH3 is 2. The molecule has 122 valence electrons. The van der Waals surface area contributed by atoms with E-state index in [-0.39, 0.29) is 5.96 Å². The molecule has 0 atom stereocenters. The van der Waals surface area contributed by atoms with Crippen LogP contribution in [0.5, 0.6) is 11.5 Å². The van der Waals surface area contributed by atoms with E-state index < -0.39 is 6.03 Å². The second kappa shape index (κ2) is 8.11. The fourth-order valence-corrected chi connectivity index (χ4v) is 2.08. The van der Waals surface area contributed by atoms with E-state index in [0.717, 1.165) is 17.5 Å². The normalized spacial score (nSPS) is 9.86. The predicted molar refractivity (Wildman–Crippen MR) is 87.2 cm³/mol. The Labute approximate surface area is 130 Å². The number of amides is 2. The lowest BCUT2D eigenvalue weighted by Gasteiger charge is -2.18. The summed E-state index contributed by atoms with van der Waals surface area (Å²) in [6.07, 6.45) is 0.875. The van der Waals surface area contributed by atoms with E-state index in [1.165, 1.54) is 0 Å². The third-order valence-corrected chi connectivity index (χ3v) is 3.13. The number of ether oxygens (including phenoxy) is 2. The molecule has 0 bridgehead atoms. The number of anilines is 1. The zero-order valence-corrected chi connectivity index (χ0v) is 13.7. The standard InChI is InChI=1S/C15H24N4O3/c1-6-7-17-14(16)19-15(20)18-12-9(2)8-11(21-4)13(22-5)10(12)3/h8H,6-7H2,1-5H3,(H4,16,17,18,19,20). The van der Waals surface area contributed by atoms with Crippen LogP contribution >= 0.6 is 0 Å². The number of guanidine groups is 1. The molecule has 7 heteroatoms. The maximum atomic E-state index is 12.0. The van der Waals surface area contributed by atoms with Crippen molar-refractivity contribution < 1.29 is 14.3 Å². The summed E-state index contributed by atoms with van der Waals surface area (Å²) in [5.41, 5.74) is 2.25. The molecule has 0 saturated carbocycles. The first kappa shape index (κ1) is 17.6. The van der Waals surface area contributed by atoms with Gasteiger partial charge in [0.1, 0.15) is 0 Å². The first-order valence-corrected chi connectivity index (χ1v) is 7.07. The van der Waals surface area contributed by atoms with E-state index in [4.69, 9.17) is 14.9 Å². The number of nitrogens with one attached hydrogen (secondary N) is 4. The molecule has 0 aliphatic carbocycles. The average Bonchev–Trinajstić information content (AvgIpc) is 2.48. The minimum atomic E-state index is -0.480. The SMILES string of the molecule is CCCNC(=N)NC(=O)Nc1c(C)cc(OC)c(OC)c1C. The van der Waals surface area contributed by atoms with Gasteiger partial charge in [0.15, 0.2) is 17.5 Å². The van der Waals surface area contributed by atoms with Crippen LogP contribution in [0.1, 0.15) is 24.5 Å². The van der Waals surface area contributed by atoms with Gasteiger partial charge in [0, 0.05) is 12.1 Å². The molecular weight excluding hydrogens is 284 g/mol. The summed E-state index contributed by atoms with van der Waals surface area (Å²) in [5, 5.41) is 15.6. The minimum Gasteiger partial charge on any atom is -0.493 e. The zero-order chi connectivity index (χ0) is 16.7. The molecule has 0 spiro atoms. The number of carbonyl (C=O) groups is 1. The van der Waals surface area contributed by atoms with Crippen molar-refractivity contribution in [2.24, 2.45) is 0 Å². The summed E-state index contributed by atoms with van der Waals surface area (Å²) in [6.45, 7) is 6.32. The minimum absolute atomic E-state index is 0.0323. The van der Waals surface area contributed by atoms with Crippen LogP contribution in [0.2, 0.25) is 0 Å². The fourth-order valence-electron chi connectivity index (χ4n) is 2.08. The van der Waals surface area contributed by atoms with Gasteiger partial charge in [0.25, 0.3) is 0 Å². The van der Waals surface area contributed by atoms with Crippen molar-refractivity contribution in [3.05, 3.63) is 17.2 Å². The van der Waals surface area contributed by atoms with E-state index >= 15 is 0 Å². The maximum absolute atomic E-state index is 12.0. The van der Waals surface area contributed by atoms with Gasteiger partial charge in [-0.05, 0) is 31.9 Å². The van der Waals surface area contributed by atoms with E-state index in [1.807, 2.05) is 20.8 Å². The first-order chi connectivity index (χ1) is 10.4. The van der Waals surface area contributed by atoms with E-state index in [2.05, 4.69) is 16.0 Å². The third-order valence-electron chi connectivity index (χ3n) is 3.13. The summed E-state index contributed by atoms with van der Waals surface area (Å²) < 4.78 is 10.6. The van der Waals surface area contributed by atoms with Crippen LogP contribution in [-0.4, -0.2) is 32.8 Å². The maximum Gasteiger partial charge on any atom is 0.326 e. The lowest BCUT2D eigenvalue weighted by molar-refractivity contribution is 0.255. The molecule has 4 N–H and O–H groups in total. The highest BCUT2D eigenvalue weighted by Gasteiger charge is 2.16. The van der Waals surface area contributed by atoms with Crippen molar-refractivity contribution in [1.29, 1.82) is 5.41 Å². The fraction of sp³-hybridized carbons (Fsp3) is 0.467. The monoisotopic (exact) mass is 308 g/mol. The Hall–Kier alpha value is -2.44. The number of carbonyl (C=O) groups excluding carboxylic acids is 1. The van der Waals surface area contributed by atoms with Crippen LogP contribution in [0.4, 0.5) is 10.5 Å². The summed E-state index contributed by atoms with van der Waals surface area (Å²) in [7, 11) is 3.12. The van der Waals surface area contributed by atoms with E-state index in [1.54, 1.807) is 20.3 Å². The Morgan fingerprint density at radius 3 is 2.50 bits per heavy atom. The Kier molecular flexibility index (Phi) is 6.49. The molecule has 0 radical (unpaired) electrons. The summed E-state index contributed by atoms with van der Waals surface area (Å²) in [5.74, 6) is 1.15. The van der Waals surface area contributed by atoms with Crippen molar-refractivity contribution >= 4 is 17.7 Å². The van der Waals surface area contributed by atoms with Crippen LogP contribution in [0, 0.1) is 19.3 Å². The Balaban J connectivity index is 2.89. The number of rotatable bonds is 5. The highest BCUT2D eigenvalue weighted by Crippen LogP contribution is 2.37. The topological polar surface area (TPSA) is 95.5 Å². The molecule has 0 heterocycles. The van der Waals surface area contributed by atoms with Crippen LogP contribution in [0.15, 0.2) is 6.07 Å². The van der Waals surface area contributed by atoms with E-state index in [9.17, 15) is 4.79 Å². The van der Waals surface area contributed by atoms with Gasteiger partial charge in [0.2, 0.25) is 0 Å². The van der Waals surface area contributed by atoms with Crippen molar-refractivity contribution in [1.82, 2.24) is 10.6 Å². The van der Waals surface area contributed by atoms with Gasteiger partial charge in [-0.2, -0.15) is 0 Å². The number of aryl methyl sites for hydroxylation is 1. The average molecular weight is 308 g/mol. The smallest absolute Gasteiger partial charge is 0.326 e. The van der Waals surface area contributed by atoms with Gasteiger partial charge in [-0.3, -0.25) is 10.7 Å².